The summed E-state index contributed by atoms with van der Waals surface area (Å²) >= 11 is 0. The number of hydrogen-bond acceptors (Lipinski definition) is 7. The average molecular weight is 535 g/mol. The predicted molar refractivity (Wildman–Crippen MR) is 149 cm³/mol. The zero-order chi connectivity index (χ0) is 28.4. The van der Waals surface area contributed by atoms with Gasteiger partial charge < -0.3 is 15.6 Å². The van der Waals surface area contributed by atoms with Crippen molar-refractivity contribution in [2.45, 2.75) is 39.2 Å². The number of ketones is 1. The Morgan fingerprint density at radius 3 is 2.52 bits per heavy atom. The molecule has 1 atom stereocenters. The molecule has 3 aromatic carbocycles. The van der Waals surface area contributed by atoms with Crippen LogP contribution < -0.4 is 15.9 Å². The molecule has 40 heavy (non-hydrogen) atoms. The van der Waals surface area contributed by atoms with E-state index in [0.29, 0.717) is 42.0 Å². The van der Waals surface area contributed by atoms with Crippen LogP contribution in [0.3, 0.4) is 0 Å². The summed E-state index contributed by atoms with van der Waals surface area (Å²) < 4.78 is 6.03. The van der Waals surface area contributed by atoms with Crippen LogP contribution in [-0.4, -0.2) is 21.8 Å². The summed E-state index contributed by atoms with van der Waals surface area (Å²) in [6.45, 7) is 4.35. The summed E-state index contributed by atoms with van der Waals surface area (Å²) in [4.78, 5) is 26.8. The summed E-state index contributed by atoms with van der Waals surface area (Å²) in [5, 5.41) is 21.3. The number of rotatable bonds is 6. The zero-order valence-electron chi connectivity index (χ0n) is 22.3. The highest BCUT2D eigenvalue weighted by Gasteiger charge is 2.45. The standard InChI is InChI=1S/C32H30N4O4/c1-32(2)16-26-29(27(38)17-32)28(22-9-6-10-24(15-22)40-19-20-7-4-3-5-8-20)25(18-33)30(34)36(26)35-31(39)21-11-13-23(37)14-12-21/h3-15,28,37H,16-17,19,34H2,1-2H3,(H,35,39). The first-order chi connectivity index (χ1) is 19.2. The molecule has 1 amide bonds. The monoisotopic (exact) mass is 534 g/mol. The lowest BCUT2D eigenvalue weighted by molar-refractivity contribution is -0.118. The molecule has 4 N–H and O–H groups in total. The maximum absolute atomic E-state index is 13.7. The number of phenolic OH excluding ortho intramolecular Hbond substituents is 1. The van der Waals surface area contributed by atoms with Crippen molar-refractivity contribution < 1.29 is 19.4 Å². The fraction of sp³-hybridized carbons (Fsp3) is 0.219. The first-order valence-corrected chi connectivity index (χ1v) is 13.0. The van der Waals surface area contributed by atoms with Gasteiger partial charge in [-0.25, -0.2) is 5.01 Å². The van der Waals surface area contributed by atoms with E-state index in [1.165, 1.54) is 29.3 Å². The van der Waals surface area contributed by atoms with E-state index < -0.39 is 11.8 Å². The van der Waals surface area contributed by atoms with E-state index in [1.54, 1.807) is 0 Å². The van der Waals surface area contributed by atoms with Crippen LogP contribution in [0.15, 0.2) is 102 Å². The minimum absolute atomic E-state index is 0.0307. The molecule has 3 aromatic rings. The highest BCUT2D eigenvalue weighted by Crippen LogP contribution is 2.48. The van der Waals surface area contributed by atoms with Crippen molar-refractivity contribution in [3.8, 4) is 17.6 Å². The Balaban J connectivity index is 1.54. The van der Waals surface area contributed by atoms with Crippen molar-refractivity contribution in [2.24, 2.45) is 11.1 Å². The lowest BCUT2D eigenvalue weighted by Crippen LogP contribution is -2.49. The third-order valence-electron chi connectivity index (χ3n) is 7.16. The number of carbonyl (C=O) groups excluding carboxylic acids is 2. The Morgan fingerprint density at radius 2 is 1.82 bits per heavy atom. The number of ether oxygens (including phenoxy) is 1. The van der Waals surface area contributed by atoms with Gasteiger partial charge >= 0.3 is 0 Å². The molecule has 8 heteroatoms. The number of nitrogens with two attached hydrogens (primary N) is 1. The normalized spacial score (nSPS) is 18.2. The number of phenols is 1. The van der Waals surface area contributed by atoms with Crippen LogP contribution in [0.25, 0.3) is 0 Å². The Bertz CT molecular complexity index is 1570. The van der Waals surface area contributed by atoms with Crippen molar-refractivity contribution >= 4 is 11.7 Å². The van der Waals surface area contributed by atoms with Gasteiger partial charge in [-0.2, -0.15) is 5.26 Å². The topological polar surface area (TPSA) is 129 Å². The molecule has 1 unspecified atom stereocenters. The third kappa shape index (κ3) is 5.27. The molecule has 202 valence electrons. The smallest absolute Gasteiger partial charge is 0.270 e. The van der Waals surface area contributed by atoms with Gasteiger partial charge in [-0.05, 0) is 59.4 Å². The van der Waals surface area contributed by atoms with E-state index in [9.17, 15) is 20.0 Å². The summed E-state index contributed by atoms with van der Waals surface area (Å²) in [7, 11) is 0. The molecule has 0 saturated heterocycles. The Kier molecular flexibility index (Phi) is 7.05. The Morgan fingerprint density at radius 1 is 1.10 bits per heavy atom. The van der Waals surface area contributed by atoms with Crippen LogP contribution >= 0.6 is 0 Å². The van der Waals surface area contributed by atoms with E-state index in [1.807, 2.05) is 68.4 Å². The van der Waals surface area contributed by atoms with Crippen LogP contribution in [0.5, 0.6) is 11.5 Å². The van der Waals surface area contributed by atoms with Gasteiger partial charge in [0.15, 0.2) is 5.78 Å². The molecule has 5 rings (SSSR count). The fourth-order valence-corrected chi connectivity index (χ4v) is 5.27. The van der Waals surface area contributed by atoms with Crippen LogP contribution in [-0.2, 0) is 11.4 Å². The molecule has 0 fully saturated rings. The Hall–Kier alpha value is -5.03. The molecule has 1 aliphatic carbocycles. The lowest BCUT2D eigenvalue weighted by Gasteiger charge is -2.43. The van der Waals surface area contributed by atoms with Crippen LogP contribution in [0.4, 0.5) is 0 Å². The van der Waals surface area contributed by atoms with Crippen molar-refractivity contribution in [2.75, 3.05) is 0 Å². The summed E-state index contributed by atoms with van der Waals surface area (Å²) in [6.07, 6.45) is 0.759. The van der Waals surface area contributed by atoms with Gasteiger partial charge in [0, 0.05) is 17.6 Å². The van der Waals surface area contributed by atoms with E-state index in [-0.39, 0.29) is 33.9 Å². The molecular weight excluding hydrogens is 504 g/mol. The SMILES string of the molecule is CC1(C)CC(=O)C2=C(C1)N(NC(=O)c1ccc(O)cc1)C(N)=C(C#N)C2c1cccc(OCc2ccccc2)c1. The van der Waals surface area contributed by atoms with Crippen molar-refractivity contribution in [3.63, 3.8) is 0 Å². The molecule has 2 aliphatic rings. The van der Waals surface area contributed by atoms with E-state index in [2.05, 4.69) is 11.5 Å². The van der Waals surface area contributed by atoms with Gasteiger partial charge in [0.05, 0.1) is 23.3 Å². The first kappa shape index (κ1) is 26.6. The molecule has 0 bridgehead atoms. The number of nitrogens with zero attached hydrogens (tertiary/aromatic N) is 2. The number of aromatic hydroxyl groups is 1. The molecule has 0 saturated carbocycles. The van der Waals surface area contributed by atoms with Crippen molar-refractivity contribution in [1.82, 2.24) is 10.4 Å². The number of carbonyl (C=O) groups is 2. The maximum atomic E-state index is 13.7. The maximum Gasteiger partial charge on any atom is 0.270 e. The highest BCUT2D eigenvalue weighted by atomic mass is 16.5. The summed E-state index contributed by atoms with van der Waals surface area (Å²) in [5.74, 6) is -0.604. The van der Waals surface area contributed by atoms with Gasteiger partial charge in [-0.3, -0.25) is 15.0 Å². The summed E-state index contributed by atoms with van der Waals surface area (Å²) in [5.41, 5.74) is 12.2. The van der Waals surface area contributed by atoms with Crippen molar-refractivity contribution in [1.29, 1.82) is 5.26 Å². The average Bonchev–Trinajstić information content (AvgIpc) is 2.93. The number of hydrogen-bond donors (Lipinski definition) is 3. The second kappa shape index (κ2) is 10.6. The number of amides is 1. The predicted octanol–water partition coefficient (Wildman–Crippen LogP) is 5.05. The molecule has 1 aliphatic heterocycles. The molecule has 8 nitrogen and oxygen atoms in total. The minimum Gasteiger partial charge on any atom is -0.508 e. The second-order valence-electron chi connectivity index (χ2n) is 10.8. The number of nitrogens with one attached hydrogen (secondary N) is 1. The van der Waals surface area contributed by atoms with E-state index in [4.69, 9.17) is 10.5 Å². The number of hydrazine groups is 1. The fourth-order valence-electron chi connectivity index (χ4n) is 5.27. The molecule has 0 radical (unpaired) electrons. The van der Waals surface area contributed by atoms with E-state index >= 15 is 0 Å². The Labute approximate surface area is 233 Å². The molecule has 1 heterocycles. The minimum atomic E-state index is -0.703. The van der Waals surface area contributed by atoms with Crippen LogP contribution in [0.1, 0.15) is 54.1 Å². The van der Waals surface area contributed by atoms with Gasteiger partial charge in [0.1, 0.15) is 23.9 Å². The number of benzene rings is 3. The number of Topliss-reactive ketones (excluding diaryl/α,β-unsaturated/α-hetero) is 1. The second-order valence-corrected chi connectivity index (χ2v) is 10.8. The quantitative estimate of drug-likeness (QED) is 0.404. The summed E-state index contributed by atoms with van der Waals surface area (Å²) in [6, 6.07) is 25.1. The number of nitriles is 1. The van der Waals surface area contributed by atoms with Gasteiger partial charge in [0.25, 0.3) is 5.91 Å². The molecule has 0 aromatic heterocycles. The van der Waals surface area contributed by atoms with Gasteiger partial charge in [-0.15, -0.1) is 0 Å². The molecule has 0 spiro atoms. The third-order valence-corrected chi connectivity index (χ3v) is 7.16. The number of allylic oxidation sites excluding steroid dienone is 3. The van der Waals surface area contributed by atoms with E-state index in [0.717, 1.165) is 5.56 Å². The van der Waals surface area contributed by atoms with Gasteiger partial charge in [0.2, 0.25) is 0 Å². The first-order valence-electron chi connectivity index (χ1n) is 13.0. The zero-order valence-corrected chi connectivity index (χ0v) is 22.3. The largest absolute Gasteiger partial charge is 0.508 e. The van der Waals surface area contributed by atoms with Gasteiger partial charge in [-0.1, -0.05) is 56.3 Å². The van der Waals surface area contributed by atoms with Crippen molar-refractivity contribution in [3.05, 3.63) is 118 Å². The van der Waals surface area contributed by atoms with Crippen LogP contribution in [0, 0.1) is 16.7 Å². The highest BCUT2D eigenvalue weighted by molar-refractivity contribution is 6.01. The molecular formula is C32H30N4O4. The van der Waals surface area contributed by atoms with Crippen LogP contribution in [0.2, 0.25) is 0 Å². The lowest BCUT2D eigenvalue weighted by atomic mass is 9.69.